The minimum absolute atomic E-state index is 0.194. The van der Waals surface area contributed by atoms with E-state index in [1.54, 1.807) is 24.3 Å². The lowest BCUT2D eigenvalue weighted by molar-refractivity contribution is -0.141. The summed E-state index contributed by atoms with van der Waals surface area (Å²) in [5.41, 5.74) is 2.40. The molecule has 1 aromatic heterocycles. The summed E-state index contributed by atoms with van der Waals surface area (Å²) in [6.45, 7) is 0.997. The van der Waals surface area contributed by atoms with E-state index in [1.807, 2.05) is 0 Å². The predicted molar refractivity (Wildman–Crippen MR) is 83.7 cm³/mol. The van der Waals surface area contributed by atoms with Crippen LogP contribution in [-0.2, 0) is 22.3 Å². The fourth-order valence-electron chi connectivity index (χ4n) is 1.82. The number of anilines is 1. The minimum Gasteiger partial charge on any atom is -0.326 e. The normalized spacial score (nSPS) is 11.5. The largest absolute Gasteiger partial charge is 0.435 e. The number of halogens is 3. The summed E-state index contributed by atoms with van der Waals surface area (Å²) in [6, 6.07) is 7.45. The van der Waals surface area contributed by atoms with Crippen molar-refractivity contribution in [2.75, 3.05) is 5.32 Å². The first-order chi connectivity index (χ1) is 11.7. The number of carbonyl (C=O) groups excluding carboxylic acids is 2. The first-order valence-electron chi connectivity index (χ1n) is 7.04. The van der Waals surface area contributed by atoms with Gasteiger partial charge >= 0.3 is 6.18 Å². The number of alkyl halides is 3. The lowest BCUT2D eigenvalue weighted by Gasteiger charge is -2.03. The van der Waals surface area contributed by atoms with Crippen molar-refractivity contribution >= 4 is 23.7 Å². The third kappa shape index (κ3) is 5.75. The van der Waals surface area contributed by atoms with Crippen LogP contribution in [0.5, 0.6) is 0 Å². The van der Waals surface area contributed by atoms with Crippen LogP contribution in [0, 0.1) is 0 Å². The van der Waals surface area contributed by atoms with E-state index >= 15 is 0 Å². The molecule has 2 N–H and O–H groups in total. The summed E-state index contributed by atoms with van der Waals surface area (Å²) in [5, 5.41) is 9.58. The number of hydrogen-bond donors (Lipinski definition) is 2. The second kappa shape index (κ2) is 7.60. The summed E-state index contributed by atoms with van der Waals surface area (Å²) < 4.78 is 38.1. The summed E-state index contributed by atoms with van der Waals surface area (Å²) >= 11 is 0. The summed E-state index contributed by atoms with van der Waals surface area (Å²) in [7, 11) is 0. The zero-order chi connectivity index (χ0) is 18.4. The Kier molecular flexibility index (Phi) is 5.52. The van der Waals surface area contributed by atoms with Gasteiger partial charge in [-0.3, -0.25) is 14.3 Å². The highest BCUT2D eigenvalue weighted by atomic mass is 19.4. The molecule has 0 radical (unpaired) electrons. The number of carbonyl (C=O) groups is 2. The van der Waals surface area contributed by atoms with Crippen LogP contribution in [0.25, 0.3) is 0 Å². The standard InChI is InChI=1S/C15H14F3N5O2/c1-10(24)20-12-4-2-11(3-5-12)8-19-21-14(25)9-23-7-6-13(22-23)15(16,17)18/h2-8H,9H2,1H3,(H,20,24)(H,21,25)/b19-8+. The van der Waals surface area contributed by atoms with Crippen LogP contribution in [0.2, 0.25) is 0 Å². The molecular weight excluding hydrogens is 339 g/mol. The number of hydrogen-bond acceptors (Lipinski definition) is 4. The molecule has 2 rings (SSSR count). The maximum atomic E-state index is 12.4. The Bertz CT molecular complexity index is 781. The van der Waals surface area contributed by atoms with E-state index in [0.29, 0.717) is 11.3 Å². The second-order valence-electron chi connectivity index (χ2n) is 4.99. The molecule has 0 aliphatic heterocycles. The zero-order valence-electron chi connectivity index (χ0n) is 13.0. The third-order valence-electron chi connectivity index (χ3n) is 2.87. The molecule has 0 bridgehead atoms. The van der Waals surface area contributed by atoms with Crippen LogP contribution in [-0.4, -0.2) is 27.8 Å². The van der Waals surface area contributed by atoms with Gasteiger partial charge in [0.2, 0.25) is 5.91 Å². The smallest absolute Gasteiger partial charge is 0.326 e. The van der Waals surface area contributed by atoms with Crippen molar-refractivity contribution < 1.29 is 22.8 Å². The molecular formula is C15H14F3N5O2. The summed E-state index contributed by atoms with van der Waals surface area (Å²) in [4.78, 5) is 22.5. The maximum absolute atomic E-state index is 12.4. The number of rotatable bonds is 5. The van der Waals surface area contributed by atoms with Gasteiger partial charge in [-0.05, 0) is 23.8 Å². The van der Waals surface area contributed by atoms with Gasteiger partial charge in [-0.1, -0.05) is 12.1 Å². The van der Waals surface area contributed by atoms with Gasteiger partial charge in [-0.15, -0.1) is 0 Å². The van der Waals surface area contributed by atoms with Crippen molar-refractivity contribution in [1.29, 1.82) is 0 Å². The summed E-state index contributed by atoms with van der Waals surface area (Å²) in [6.07, 6.45) is -2.13. The van der Waals surface area contributed by atoms with Crippen molar-refractivity contribution in [3.05, 3.63) is 47.8 Å². The molecule has 2 aromatic rings. The van der Waals surface area contributed by atoms with Crippen LogP contribution >= 0.6 is 0 Å². The highest BCUT2D eigenvalue weighted by Gasteiger charge is 2.33. The fourth-order valence-corrected chi connectivity index (χ4v) is 1.82. The van der Waals surface area contributed by atoms with Crippen molar-refractivity contribution in [3.63, 3.8) is 0 Å². The van der Waals surface area contributed by atoms with E-state index in [1.165, 1.54) is 13.1 Å². The van der Waals surface area contributed by atoms with Gasteiger partial charge < -0.3 is 5.32 Å². The van der Waals surface area contributed by atoms with Gasteiger partial charge in [0.25, 0.3) is 5.91 Å². The van der Waals surface area contributed by atoms with Crippen LogP contribution in [0.4, 0.5) is 18.9 Å². The average molecular weight is 353 g/mol. The molecule has 1 aromatic carbocycles. The van der Waals surface area contributed by atoms with Gasteiger partial charge in [0.05, 0.1) is 6.21 Å². The maximum Gasteiger partial charge on any atom is 0.435 e. The molecule has 0 spiro atoms. The Morgan fingerprint density at radius 1 is 1.24 bits per heavy atom. The van der Waals surface area contributed by atoms with E-state index in [2.05, 4.69) is 20.9 Å². The van der Waals surface area contributed by atoms with Crippen molar-refractivity contribution in [2.24, 2.45) is 5.10 Å². The molecule has 0 aliphatic carbocycles. The summed E-state index contributed by atoms with van der Waals surface area (Å²) in [5.74, 6) is -0.816. The van der Waals surface area contributed by atoms with Gasteiger partial charge in [-0.25, -0.2) is 5.43 Å². The molecule has 0 atom stereocenters. The topological polar surface area (TPSA) is 88.4 Å². The Morgan fingerprint density at radius 2 is 1.92 bits per heavy atom. The fraction of sp³-hybridized carbons (Fsp3) is 0.200. The number of hydrazone groups is 1. The van der Waals surface area contributed by atoms with Gasteiger partial charge in [0, 0.05) is 18.8 Å². The lowest BCUT2D eigenvalue weighted by Crippen LogP contribution is -2.23. The van der Waals surface area contributed by atoms with Crippen molar-refractivity contribution in [3.8, 4) is 0 Å². The third-order valence-corrected chi connectivity index (χ3v) is 2.87. The monoisotopic (exact) mass is 353 g/mol. The molecule has 0 aliphatic rings. The van der Waals surface area contributed by atoms with E-state index in [0.717, 1.165) is 16.9 Å². The van der Waals surface area contributed by atoms with Gasteiger partial charge in [0.1, 0.15) is 6.54 Å². The molecule has 0 unspecified atom stereocenters. The minimum atomic E-state index is -4.55. The SMILES string of the molecule is CC(=O)Nc1ccc(/C=N/NC(=O)Cn2ccc(C(F)(F)F)n2)cc1. The molecule has 7 nitrogen and oxygen atoms in total. The zero-order valence-corrected chi connectivity index (χ0v) is 13.0. The quantitative estimate of drug-likeness (QED) is 0.637. The predicted octanol–water partition coefficient (Wildman–Crippen LogP) is 2.01. The van der Waals surface area contributed by atoms with E-state index in [4.69, 9.17) is 0 Å². The highest BCUT2D eigenvalue weighted by Crippen LogP contribution is 2.27. The first kappa shape index (κ1) is 18.2. The Balaban J connectivity index is 1.86. The molecule has 2 amide bonds. The Hall–Kier alpha value is -3.17. The number of amides is 2. The van der Waals surface area contributed by atoms with E-state index < -0.39 is 24.3 Å². The van der Waals surface area contributed by atoms with Crippen molar-refractivity contribution in [2.45, 2.75) is 19.6 Å². The van der Waals surface area contributed by atoms with Crippen LogP contribution in [0.15, 0.2) is 41.6 Å². The lowest BCUT2D eigenvalue weighted by atomic mass is 10.2. The van der Waals surface area contributed by atoms with E-state index in [9.17, 15) is 22.8 Å². The van der Waals surface area contributed by atoms with Crippen LogP contribution in [0.1, 0.15) is 18.2 Å². The molecule has 10 heteroatoms. The van der Waals surface area contributed by atoms with E-state index in [-0.39, 0.29) is 5.91 Å². The number of benzene rings is 1. The molecule has 0 saturated heterocycles. The Morgan fingerprint density at radius 3 is 2.48 bits per heavy atom. The average Bonchev–Trinajstić information content (AvgIpc) is 2.97. The van der Waals surface area contributed by atoms with Crippen molar-refractivity contribution in [1.82, 2.24) is 15.2 Å². The van der Waals surface area contributed by atoms with Crippen LogP contribution in [0.3, 0.4) is 0 Å². The molecule has 25 heavy (non-hydrogen) atoms. The molecule has 0 fully saturated rings. The first-order valence-corrected chi connectivity index (χ1v) is 7.04. The number of nitrogens with zero attached hydrogens (tertiary/aromatic N) is 3. The van der Waals surface area contributed by atoms with Crippen LogP contribution < -0.4 is 10.7 Å². The molecule has 1 heterocycles. The highest BCUT2D eigenvalue weighted by molar-refractivity contribution is 5.89. The second-order valence-corrected chi connectivity index (χ2v) is 4.99. The Labute approximate surface area is 140 Å². The number of nitrogens with one attached hydrogen (secondary N) is 2. The number of aromatic nitrogens is 2. The van der Waals surface area contributed by atoms with Gasteiger partial charge in [-0.2, -0.15) is 23.4 Å². The van der Waals surface area contributed by atoms with Gasteiger partial charge in [0.15, 0.2) is 5.69 Å². The molecule has 0 saturated carbocycles. The molecule has 132 valence electrons.